The topological polar surface area (TPSA) is 142 Å². The van der Waals surface area contributed by atoms with Gasteiger partial charge in [0.2, 0.25) is 11.6 Å². The van der Waals surface area contributed by atoms with Crippen LogP contribution in [0.2, 0.25) is 0 Å². The van der Waals surface area contributed by atoms with Crippen LogP contribution in [0, 0.1) is 0 Å². The van der Waals surface area contributed by atoms with Gasteiger partial charge in [-0.2, -0.15) is 10.4 Å². The molecule has 0 aliphatic carbocycles. The van der Waals surface area contributed by atoms with Crippen molar-refractivity contribution in [2.45, 2.75) is 0 Å². The van der Waals surface area contributed by atoms with Gasteiger partial charge in [0, 0.05) is 0 Å². The monoisotopic (exact) mass is 181 g/mol. The molecule has 2 rings (SSSR count). The first kappa shape index (κ1) is 7.27. The molecular formula is C3H3N9O. The largest absolute Gasteiger partial charge is 0.410 e. The lowest BCUT2D eigenvalue weighted by atomic mass is 10.3. The lowest BCUT2D eigenvalue weighted by molar-refractivity contribution is 0.319. The molecule has 0 bridgehead atoms. The first-order valence-corrected chi connectivity index (χ1v) is 3.11. The van der Waals surface area contributed by atoms with Gasteiger partial charge >= 0.3 is 0 Å². The quantitative estimate of drug-likeness (QED) is 0.274. The number of nitrogens with one attached hydrogen (secondary N) is 2. The first-order chi connectivity index (χ1) is 6.42. The van der Waals surface area contributed by atoms with Crippen molar-refractivity contribution in [2.75, 3.05) is 0 Å². The Bertz CT molecular complexity index is 350. The molecule has 0 fully saturated rings. The van der Waals surface area contributed by atoms with Gasteiger partial charge in [-0.05, 0) is 10.4 Å². The summed E-state index contributed by atoms with van der Waals surface area (Å²) in [7, 11) is 0. The van der Waals surface area contributed by atoms with Crippen molar-refractivity contribution in [2.24, 2.45) is 5.16 Å². The lowest BCUT2D eigenvalue weighted by Gasteiger charge is -1.88. The van der Waals surface area contributed by atoms with E-state index < -0.39 is 0 Å². The van der Waals surface area contributed by atoms with Crippen molar-refractivity contribution in [3.05, 3.63) is 11.6 Å². The van der Waals surface area contributed by atoms with Gasteiger partial charge in [0.05, 0.1) is 0 Å². The highest BCUT2D eigenvalue weighted by Gasteiger charge is 2.16. The van der Waals surface area contributed by atoms with E-state index in [9.17, 15) is 0 Å². The Balaban J connectivity index is 2.42. The zero-order valence-electron chi connectivity index (χ0n) is 6.08. The van der Waals surface area contributed by atoms with E-state index in [-0.39, 0.29) is 17.4 Å². The summed E-state index contributed by atoms with van der Waals surface area (Å²) in [6.45, 7) is 0. The van der Waals surface area contributed by atoms with Crippen LogP contribution in [0.15, 0.2) is 5.16 Å². The molecule has 0 amide bonds. The van der Waals surface area contributed by atoms with Crippen LogP contribution >= 0.6 is 0 Å². The Morgan fingerprint density at radius 3 is 1.92 bits per heavy atom. The van der Waals surface area contributed by atoms with Gasteiger partial charge in [-0.15, -0.1) is 20.4 Å². The van der Waals surface area contributed by atoms with Gasteiger partial charge in [-0.1, -0.05) is 5.16 Å². The lowest BCUT2D eigenvalue weighted by Crippen LogP contribution is -2.08. The van der Waals surface area contributed by atoms with Crippen LogP contribution < -0.4 is 0 Å². The molecule has 0 aromatic carbocycles. The van der Waals surface area contributed by atoms with E-state index in [4.69, 9.17) is 5.21 Å². The maximum atomic E-state index is 8.61. The molecule has 66 valence electrons. The Labute approximate surface area is 70.0 Å². The van der Waals surface area contributed by atoms with Crippen molar-refractivity contribution in [3.63, 3.8) is 0 Å². The number of aromatic amines is 2. The molecular weight excluding hydrogens is 178 g/mol. The van der Waals surface area contributed by atoms with Crippen LogP contribution in [-0.2, 0) is 0 Å². The molecule has 0 spiro atoms. The van der Waals surface area contributed by atoms with Crippen LogP contribution in [0.3, 0.4) is 0 Å². The number of hydrogen-bond acceptors (Lipinski definition) is 8. The maximum absolute atomic E-state index is 8.61. The molecule has 10 heteroatoms. The minimum absolute atomic E-state index is 0.0116. The molecule has 3 N–H and O–H groups in total. The highest BCUT2D eigenvalue weighted by Crippen LogP contribution is 1.96. The average molecular weight is 181 g/mol. The van der Waals surface area contributed by atoms with E-state index in [1.807, 2.05) is 0 Å². The van der Waals surface area contributed by atoms with E-state index >= 15 is 0 Å². The third kappa shape index (κ3) is 1.19. The van der Waals surface area contributed by atoms with Gasteiger partial charge in [-0.3, -0.25) is 0 Å². The fraction of sp³-hybridized carbons (Fsp3) is 0. The summed E-state index contributed by atoms with van der Waals surface area (Å²) in [5.41, 5.74) is -0.0116. The predicted octanol–water partition coefficient (Wildman–Crippen LogP) is -2.06. The van der Waals surface area contributed by atoms with Gasteiger partial charge in [0.15, 0.2) is 5.71 Å². The molecule has 10 nitrogen and oxygen atoms in total. The molecule has 0 aliphatic rings. The normalized spacial score (nSPS) is 9.85. The van der Waals surface area contributed by atoms with E-state index in [0.717, 1.165) is 0 Å². The number of rotatable bonds is 2. The molecule has 0 atom stereocenters. The molecule has 0 saturated heterocycles. The number of oxime groups is 1. The van der Waals surface area contributed by atoms with Crippen LogP contribution in [-0.4, -0.2) is 52.2 Å². The second-order valence-electron chi connectivity index (χ2n) is 1.92. The first-order valence-electron chi connectivity index (χ1n) is 3.11. The summed E-state index contributed by atoms with van der Waals surface area (Å²) in [6.07, 6.45) is 0. The second-order valence-corrected chi connectivity index (χ2v) is 1.92. The Kier molecular flexibility index (Phi) is 1.63. The van der Waals surface area contributed by atoms with E-state index in [1.165, 1.54) is 0 Å². The molecule has 0 saturated carbocycles. The number of hydrogen-bond donors (Lipinski definition) is 3. The van der Waals surface area contributed by atoms with Crippen LogP contribution in [0.1, 0.15) is 11.6 Å². The molecule has 2 heterocycles. The summed E-state index contributed by atoms with van der Waals surface area (Å²) in [5, 5.41) is 36.8. The summed E-state index contributed by atoms with van der Waals surface area (Å²) < 4.78 is 0. The summed E-state index contributed by atoms with van der Waals surface area (Å²) >= 11 is 0. The fourth-order valence-electron chi connectivity index (χ4n) is 0.714. The van der Waals surface area contributed by atoms with Gasteiger partial charge in [-0.25, -0.2) is 0 Å². The van der Waals surface area contributed by atoms with Crippen LogP contribution in [0.4, 0.5) is 0 Å². The Morgan fingerprint density at radius 1 is 1.08 bits per heavy atom. The highest BCUT2D eigenvalue weighted by atomic mass is 16.4. The SMILES string of the molecule is ON=C(c1nn[nH]n1)c1nn[nH]n1. The third-order valence-corrected chi connectivity index (χ3v) is 1.21. The minimum atomic E-state index is -0.0116. The smallest absolute Gasteiger partial charge is 0.230 e. The predicted molar refractivity (Wildman–Crippen MR) is 35.8 cm³/mol. The fourth-order valence-corrected chi connectivity index (χ4v) is 0.714. The average Bonchev–Trinajstić information content (AvgIpc) is 2.76. The van der Waals surface area contributed by atoms with E-state index in [1.54, 1.807) is 0 Å². The van der Waals surface area contributed by atoms with Crippen LogP contribution in [0.5, 0.6) is 0 Å². The standard InChI is InChI=1S/C3H3N9O/c13-8-1(2-4-9-10-5-2)3-6-11-12-7-3/h13H,(H,4,5,9,10)(H,6,7,11,12). The van der Waals surface area contributed by atoms with Crippen molar-refractivity contribution < 1.29 is 5.21 Å². The van der Waals surface area contributed by atoms with Gasteiger partial charge in [0.1, 0.15) is 0 Å². The van der Waals surface area contributed by atoms with Gasteiger partial charge < -0.3 is 5.21 Å². The number of aromatic nitrogens is 8. The van der Waals surface area contributed by atoms with E-state index in [2.05, 4.69) is 46.4 Å². The second kappa shape index (κ2) is 2.92. The molecule has 0 radical (unpaired) electrons. The van der Waals surface area contributed by atoms with Crippen molar-refractivity contribution in [1.29, 1.82) is 0 Å². The zero-order chi connectivity index (χ0) is 9.10. The Hall–Kier alpha value is -2.39. The summed E-state index contributed by atoms with van der Waals surface area (Å²) in [5.74, 6) is 0.174. The molecule has 2 aromatic heterocycles. The van der Waals surface area contributed by atoms with Crippen molar-refractivity contribution in [3.8, 4) is 0 Å². The van der Waals surface area contributed by atoms with Crippen LogP contribution in [0.25, 0.3) is 0 Å². The number of nitrogens with zero attached hydrogens (tertiary/aromatic N) is 7. The third-order valence-electron chi connectivity index (χ3n) is 1.21. The van der Waals surface area contributed by atoms with E-state index in [0.29, 0.717) is 0 Å². The minimum Gasteiger partial charge on any atom is -0.410 e. The zero-order valence-corrected chi connectivity index (χ0v) is 6.08. The molecule has 0 unspecified atom stereocenters. The van der Waals surface area contributed by atoms with Crippen molar-refractivity contribution >= 4 is 5.71 Å². The molecule has 13 heavy (non-hydrogen) atoms. The maximum Gasteiger partial charge on any atom is 0.230 e. The Morgan fingerprint density at radius 2 is 1.62 bits per heavy atom. The number of tetrazole rings is 2. The molecule has 0 aliphatic heterocycles. The van der Waals surface area contributed by atoms with Crippen molar-refractivity contribution in [1.82, 2.24) is 41.2 Å². The summed E-state index contributed by atoms with van der Waals surface area (Å²) in [4.78, 5) is 0. The number of H-pyrrole nitrogens is 2. The highest BCUT2D eigenvalue weighted by molar-refractivity contribution is 6.07. The van der Waals surface area contributed by atoms with Gasteiger partial charge in [0.25, 0.3) is 0 Å². The summed E-state index contributed by atoms with van der Waals surface area (Å²) in [6, 6.07) is 0. The molecule has 2 aromatic rings.